The van der Waals surface area contributed by atoms with Crippen LogP contribution < -0.4 is 15.2 Å². The first kappa shape index (κ1) is 25.4. The van der Waals surface area contributed by atoms with Gasteiger partial charge in [0.25, 0.3) is 11.2 Å². The lowest BCUT2D eigenvalue weighted by molar-refractivity contribution is -0.383. The van der Waals surface area contributed by atoms with Gasteiger partial charge in [0, 0.05) is 30.9 Å². The molecule has 4 aromatic rings. The second-order valence-corrected chi connectivity index (χ2v) is 9.14. The van der Waals surface area contributed by atoms with Gasteiger partial charge in [-0.25, -0.2) is 4.98 Å². The van der Waals surface area contributed by atoms with Gasteiger partial charge in [-0.3, -0.25) is 14.9 Å². The first-order chi connectivity index (χ1) is 17.8. The predicted molar refractivity (Wildman–Crippen MR) is 123 cm³/mol. The molecule has 1 aliphatic heterocycles. The molecule has 1 aliphatic rings. The fourth-order valence-corrected chi connectivity index (χ4v) is 5.05. The fourth-order valence-electron chi connectivity index (χ4n) is 3.96. The number of nitro benzene ring substituents is 1. The van der Waals surface area contributed by atoms with Gasteiger partial charge in [0.15, 0.2) is 5.13 Å². The van der Waals surface area contributed by atoms with E-state index in [4.69, 9.17) is 0 Å². The van der Waals surface area contributed by atoms with Gasteiger partial charge in [-0.1, -0.05) is 11.3 Å². The summed E-state index contributed by atoms with van der Waals surface area (Å²) >= 11 is 0.729. The number of benzene rings is 2. The lowest BCUT2D eigenvalue weighted by Gasteiger charge is -2.27. The molecule has 0 bridgehead atoms. The molecular formula is C22H13F6N5O4S. The van der Waals surface area contributed by atoms with Crippen molar-refractivity contribution >= 4 is 32.2 Å². The average Bonchev–Trinajstić information content (AvgIpc) is 3.25. The van der Waals surface area contributed by atoms with Crippen LogP contribution in [0.25, 0.3) is 21.3 Å². The molecule has 16 heteroatoms. The van der Waals surface area contributed by atoms with Gasteiger partial charge < -0.3 is 14.2 Å². The van der Waals surface area contributed by atoms with Gasteiger partial charge in [0.1, 0.15) is 16.3 Å². The van der Waals surface area contributed by atoms with Crippen molar-refractivity contribution in [1.82, 2.24) is 14.5 Å². The minimum atomic E-state index is -4.89. The minimum Gasteiger partial charge on any atom is -0.406 e. The van der Waals surface area contributed by atoms with Crippen LogP contribution in [-0.2, 0) is 19.3 Å². The topological polar surface area (TPSA) is 103 Å². The molecule has 198 valence electrons. The molecule has 0 amide bonds. The van der Waals surface area contributed by atoms with E-state index in [0.29, 0.717) is 42.3 Å². The van der Waals surface area contributed by atoms with E-state index in [1.807, 2.05) is 0 Å². The smallest absolute Gasteiger partial charge is 0.406 e. The number of aromatic nitrogens is 3. The molecular weight excluding hydrogens is 544 g/mol. The normalized spacial score (nSPS) is 14.0. The second kappa shape index (κ2) is 8.97. The number of imidazole rings is 1. The summed E-state index contributed by atoms with van der Waals surface area (Å²) in [5, 5.41) is 11.1. The van der Waals surface area contributed by atoms with E-state index < -0.39 is 39.7 Å². The Morgan fingerprint density at radius 3 is 2.37 bits per heavy atom. The van der Waals surface area contributed by atoms with Crippen LogP contribution in [-0.4, -0.2) is 32.4 Å². The van der Waals surface area contributed by atoms with Crippen LogP contribution in [0.1, 0.15) is 11.4 Å². The zero-order valence-electron chi connectivity index (χ0n) is 18.7. The first-order valence-electron chi connectivity index (χ1n) is 10.7. The molecule has 0 spiro atoms. The number of nitro groups is 1. The quantitative estimate of drug-likeness (QED) is 0.189. The van der Waals surface area contributed by atoms with Crippen molar-refractivity contribution in [3.63, 3.8) is 0 Å². The van der Waals surface area contributed by atoms with Crippen molar-refractivity contribution < 1.29 is 36.0 Å². The summed E-state index contributed by atoms with van der Waals surface area (Å²) in [6.07, 6.45) is -8.00. The second-order valence-electron chi connectivity index (χ2n) is 8.16. The van der Waals surface area contributed by atoms with Crippen molar-refractivity contribution in [2.45, 2.75) is 25.6 Å². The number of hydrogen-bond acceptors (Lipinski definition) is 8. The maximum absolute atomic E-state index is 13.2. The first-order valence-corrected chi connectivity index (χ1v) is 11.5. The zero-order valence-corrected chi connectivity index (χ0v) is 19.5. The van der Waals surface area contributed by atoms with E-state index >= 15 is 0 Å². The standard InChI is InChI=1S/C22H13F6N5O4S/c23-21(24,25)12-7-14-18(16(8-12)33(35)36)38-20(30-19(14)34)32-6-5-31-9-15(29-17(31)10-32)11-1-3-13(4-2-11)37-22(26,27)28/h1-4,7-9H,5-6,10H2. The van der Waals surface area contributed by atoms with Gasteiger partial charge in [0.2, 0.25) is 0 Å². The third kappa shape index (κ3) is 4.98. The van der Waals surface area contributed by atoms with E-state index in [1.54, 1.807) is 15.7 Å². The highest BCUT2D eigenvalue weighted by molar-refractivity contribution is 7.22. The Balaban J connectivity index is 1.45. The molecule has 9 nitrogen and oxygen atoms in total. The molecule has 0 fully saturated rings. The van der Waals surface area contributed by atoms with Gasteiger partial charge in [0.05, 0.1) is 28.1 Å². The molecule has 0 radical (unpaired) electrons. The summed E-state index contributed by atoms with van der Waals surface area (Å²) in [6.45, 7) is 0.801. The predicted octanol–water partition coefficient (Wildman–Crippen LogP) is 5.37. The number of anilines is 1. The Morgan fingerprint density at radius 1 is 1.03 bits per heavy atom. The van der Waals surface area contributed by atoms with Crippen LogP contribution in [0.5, 0.6) is 5.75 Å². The molecule has 0 unspecified atom stereocenters. The summed E-state index contributed by atoms with van der Waals surface area (Å²) in [5.41, 5.74) is -2.20. The van der Waals surface area contributed by atoms with E-state index in [1.165, 1.54) is 12.1 Å². The van der Waals surface area contributed by atoms with Crippen molar-refractivity contribution in [1.29, 1.82) is 0 Å². The summed E-state index contributed by atoms with van der Waals surface area (Å²) in [6, 6.07) is 6.08. The third-order valence-corrected chi connectivity index (χ3v) is 6.84. The SMILES string of the molecule is O=c1nc(N2CCn3cc(-c4ccc(OC(F)(F)F)cc4)nc3C2)sc2c([N+](=O)[O-])cc(C(F)(F)F)cc12. The molecule has 38 heavy (non-hydrogen) atoms. The Morgan fingerprint density at radius 2 is 1.74 bits per heavy atom. The summed E-state index contributed by atoms with van der Waals surface area (Å²) in [5.74, 6) is 0.135. The van der Waals surface area contributed by atoms with Gasteiger partial charge in [-0.15, -0.1) is 13.2 Å². The van der Waals surface area contributed by atoms with Crippen LogP contribution in [0.2, 0.25) is 0 Å². The lowest BCUT2D eigenvalue weighted by Crippen LogP contribution is -2.34. The number of fused-ring (bicyclic) bond motifs is 2. The molecule has 0 atom stereocenters. The number of alkyl halides is 6. The molecule has 0 saturated heterocycles. The third-order valence-electron chi connectivity index (χ3n) is 5.67. The highest BCUT2D eigenvalue weighted by Gasteiger charge is 2.35. The van der Waals surface area contributed by atoms with E-state index in [-0.39, 0.29) is 22.1 Å². The van der Waals surface area contributed by atoms with Crippen molar-refractivity contribution in [3.8, 4) is 17.0 Å². The summed E-state index contributed by atoms with van der Waals surface area (Å²) < 4.78 is 82.2. The van der Waals surface area contributed by atoms with Crippen molar-refractivity contribution in [2.24, 2.45) is 0 Å². The van der Waals surface area contributed by atoms with Gasteiger partial charge >= 0.3 is 12.5 Å². The number of rotatable bonds is 4. The summed E-state index contributed by atoms with van der Waals surface area (Å²) in [7, 11) is 0. The molecule has 0 saturated carbocycles. The maximum atomic E-state index is 13.2. The molecule has 2 aromatic heterocycles. The van der Waals surface area contributed by atoms with E-state index in [2.05, 4.69) is 14.7 Å². The molecule has 0 N–H and O–H groups in total. The Hall–Kier alpha value is -4.21. The van der Waals surface area contributed by atoms with Crippen LogP contribution in [0.15, 0.2) is 47.4 Å². The van der Waals surface area contributed by atoms with E-state index in [0.717, 1.165) is 23.5 Å². The van der Waals surface area contributed by atoms with Crippen molar-refractivity contribution in [3.05, 3.63) is 74.5 Å². The highest BCUT2D eigenvalue weighted by Crippen LogP contribution is 2.39. The number of nitrogens with zero attached hydrogens (tertiary/aromatic N) is 5. The maximum Gasteiger partial charge on any atom is 0.573 e. The number of halogens is 6. The number of hydrogen-bond donors (Lipinski definition) is 0. The monoisotopic (exact) mass is 557 g/mol. The lowest BCUT2D eigenvalue weighted by atomic mass is 10.1. The number of ether oxygens (including phenoxy) is 1. The molecule has 5 rings (SSSR count). The number of non-ortho nitro benzene ring substituents is 1. The molecule has 2 aromatic carbocycles. The van der Waals surface area contributed by atoms with Crippen LogP contribution in [0.4, 0.5) is 37.2 Å². The van der Waals surface area contributed by atoms with Gasteiger partial charge in [-0.2, -0.15) is 18.2 Å². The minimum absolute atomic E-state index is 0.0785. The van der Waals surface area contributed by atoms with Gasteiger partial charge in [-0.05, 0) is 30.3 Å². The van der Waals surface area contributed by atoms with E-state index in [9.17, 15) is 41.3 Å². The van der Waals surface area contributed by atoms with Crippen molar-refractivity contribution in [2.75, 3.05) is 11.4 Å². The van der Waals surface area contributed by atoms with Crippen LogP contribution in [0.3, 0.4) is 0 Å². The Labute approximate surface area is 211 Å². The van der Waals surface area contributed by atoms with Crippen LogP contribution >= 0.6 is 11.3 Å². The highest BCUT2D eigenvalue weighted by atomic mass is 32.1. The summed E-state index contributed by atoms with van der Waals surface area (Å²) in [4.78, 5) is 33.2. The molecule has 0 aliphatic carbocycles. The molecule has 3 heterocycles. The van der Waals surface area contributed by atoms with Crippen LogP contribution in [0, 0.1) is 10.1 Å². The fraction of sp³-hybridized carbons (Fsp3) is 0.227. The zero-order chi connectivity index (χ0) is 27.4. The average molecular weight is 557 g/mol. The Kier molecular flexibility index (Phi) is 6.00. The Bertz CT molecular complexity index is 1610. The largest absolute Gasteiger partial charge is 0.573 e.